The van der Waals surface area contributed by atoms with Crippen molar-refractivity contribution in [2.75, 3.05) is 5.73 Å². The minimum Gasteiger partial charge on any atom is -0.398 e. The fraction of sp³-hybridized carbons (Fsp3) is 0.286. The number of alkyl halides is 3. The molecule has 14 heavy (non-hydrogen) atoms. The van der Waals surface area contributed by atoms with Crippen LogP contribution in [0, 0.1) is 0 Å². The van der Waals surface area contributed by atoms with Crippen LogP contribution in [-0.4, -0.2) is 11.2 Å². The predicted molar refractivity (Wildman–Crippen MR) is 46.6 cm³/mol. The van der Waals surface area contributed by atoms with E-state index >= 15 is 0 Å². The molecule has 1 aromatic heterocycles. The molecule has 0 fully saturated rings. The van der Waals surface area contributed by atoms with Crippen LogP contribution in [0.4, 0.5) is 18.9 Å². The third-order valence-electron chi connectivity index (χ3n) is 1.62. The van der Waals surface area contributed by atoms with Gasteiger partial charge in [-0.05, 0) is 6.07 Å². The molecule has 1 aromatic rings. The van der Waals surface area contributed by atoms with E-state index in [4.69, 9.17) is 23.1 Å². The van der Waals surface area contributed by atoms with Gasteiger partial charge in [-0.1, -0.05) is 11.6 Å². The SMILES string of the molecule is Nc1cc(Cl)ncc1C(N)C(F)(F)F. The van der Waals surface area contributed by atoms with Crippen LogP contribution in [0.15, 0.2) is 12.3 Å². The van der Waals surface area contributed by atoms with Crippen LogP contribution in [0.2, 0.25) is 5.15 Å². The Bertz CT molecular complexity index is 339. The molecule has 0 spiro atoms. The van der Waals surface area contributed by atoms with E-state index in [-0.39, 0.29) is 16.4 Å². The molecular weight excluding hydrogens is 219 g/mol. The second-order valence-electron chi connectivity index (χ2n) is 2.66. The van der Waals surface area contributed by atoms with Gasteiger partial charge in [0.2, 0.25) is 0 Å². The van der Waals surface area contributed by atoms with Crippen molar-refractivity contribution in [1.82, 2.24) is 4.98 Å². The number of nitrogen functional groups attached to an aromatic ring is 1. The highest BCUT2D eigenvalue weighted by Crippen LogP contribution is 2.33. The molecule has 0 saturated carbocycles. The minimum atomic E-state index is -4.54. The van der Waals surface area contributed by atoms with Crippen LogP contribution in [-0.2, 0) is 0 Å². The summed E-state index contributed by atoms with van der Waals surface area (Å²) >= 11 is 5.42. The first-order valence-corrected chi connectivity index (χ1v) is 3.93. The number of hydrogen-bond donors (Lipinski definition) is 2. The van der Waals surface area contributed by atoms with E-state index in [0.717, 1.165) is 12.3 Å². The summed E-state index contributed by atoms with van der Waals surface area (Å²) in [7, 11) is 0. The predicted octanol–water partition coefficient (Wildman–Crippen LogP) is 1.88. The van der Waals surface area contributed by atoms with Crippen molar-refractivity contribution in [3.8, 4) is 0 Å². The molecule has 4 N–H and O–H groups in total. The average Bonchev–Trinajstić information content (AvgIpc) is 2.01. The molecule has 0 aromatic carbocycles. The topological polar surface area (TPSA) is 64.9 Å². The Balaban J connectivity index is 3.08. The first-order chi connectivity index (χ1) is 6.32. The molecule has 1 rings (SSSR count). The van der Waals surface area contributed by atoms with Gasteiger partial charge in [-0.3, -0.25) is 0 Å². The van der Waals surface area contributed by atoms with Crippen molar-refractivity contribution in [2.45, 2.75) is 12.2 Å². The maximum atomic E-state index is 12.2. The van der Waals surface area contributed by atoms with Crippen LogP contribution in [0.3, 0.4) is 0 Å². The number of aromatic nitrogens is 1. The summed E-state index contributed by atoms with van der Waals surface area (Å²) in [6.07, 6.45) is -3.61. The number of nitrogens with two attached hydrogens (primary N) is 2. The zero-order valence-electron chi connectivity index (χ0n) is 6.85. The molecule has 0 aliphatic rings. The summed E-state index contributed by atoms with van der Waals surface area (Å²) in [5.41, 5.74) is 9.86. The van der Waals surface area contributed by atoms with Gasteiger partial charge in [0.15, 0.2) is 0 Å². The van der Waals surface area contributed by atoms with Gasteiger partial charge in [0.25, 0.3) is 0 Å². The number of anilines is 1. The van der Waals surface area contributed by atoms with E-state index in [0.29, 0.717) is 0 Å². The fourth-order valence-electron chi connectivity index (χ4n) is 0.891. The highest BCUT2D eigenvalue weighted by atomic mass is 35.5. The Hall–Kier alpha value is -1.01. The van der Waals surface area contributed by atoms with Gasteiger partial charge in [-0.2, -0.15) is 13.2 Å². The smallest absolute Gasteiger partial charge is 0.398 e. The van der Waals surface area contributed by atoms with Crippen molar-refractivity contribution in [2.24, 2.45) is 5.73 Å². The molecule has 0 saturated heterocycles. The molecule has 1 unspecified atom stereocenters. The van der Waals surface area contributed by atoms with Crippen molar-refractivity contribution in [3.63, 3.8) is 0 Å². The molecule has 1 heterocycles. The van der Waals surface area contributed by atoms with Crippen LogP contribution < -0.4 is 11.5 Å². The zero-order valence-corrected chi connectivity index (χ0v) is 7.60. The lowest BCUT2D eigenvalue weighted by atomic mass is 10.1. The van der Waals surface area contributed by atoms with Gasteiger partial charge in [0.1, 0.15) is 11.2 Å². The maximum Gasteiger partial charge on any atom is 0.407 e. The zero-order chi connectivity index (χ0) is 10.9. The van der Waals surface area contributed by atoms with Gasteiger partial charge in [-0.25, -0.2) is 4.98 Å². The van der Waals surface area contributed by atoms with E-state index in [2.05, 4.69) is 4.98 Å². The highest BCUT2D eigenvalue weighted by molar-refractivity contribution is 6.29. The van der Waals surface area contributed by atoms with E-state index in [1.807, 2.05) is 0 Å². The molecular formula is C7H7ClF3N3. The highest BCUT2D eigenvalue weighted by Gasteiger charge is 2.39. The number of nitrogens with zero attached hydrogens (tertiary/aromatic N) is 1. The van der Waals surface area contributed by atoms with Gasteiger partial charge in [0.05, 0.1) is 0 Å². The Morgan fingerprint density at radius 1 is 1.43 bits per heavy atom. The molecule has 3 nitrogen and oxygen atoms in total. The molecule has 0 radical (unpaired) electrons. The first kappa shape index (κ1) is 11.1. The van der Waals surface area contributed by atoms with Gasteiger partial charge in [-0.15, -0.1) is 0 Å². The minimum absolute atomic E-state index is 0.0284. The number of pyridine rings is 1. The van der Waals surface area contributed by atoms with Crippen molar-refractivity contribution >= 4 is 17.3 Å². The standard InChI is InChI=1S/C7H7ClF3N3/c8-5-1-4(12)3(2-14-5)6(13)7(9,10)11/h1-2,6H,13H2,(H2,12,14). The Labute approximate surface area is 82.9 Å². The molecule has 0 amide bonds. The van der Waals surface area contributed by atoms with E-state index in [1.54, 1.807) is 0 Å². The Morgan fingerprint density at radius 2 is 2.00 bits per heavy atom. The van der Waals surface area contributed by atoms with Crippen LogP contribution in [0.1, 0.15) is 11.6 Å². The lowest BCUT2D eigenvalue weighted by Gasteiger charge is -2.17. The fourth-order valence-corrected chi connectivity index (χ4v) is 1.06. The molecule has 0 aliphatic heterocycles. The third-order valence-corrected chi connectivity index (χ3v) is 1.83. The summed E-state index contributed by atoms with van der Waals surface area (Å²) in [5.74, 6) is 0. The maximum absolute atomic E-state index is 12.2. The summed E-state index contributed by atoms with van der Waals surface area (Å²) in [6, 6.07) is -1.00. The van der Waals surface area contributed by atoms with Crippen LogP contribution >= 0.6 is 11.6 Å². The summed E-state index contributed by atoms with van der Waals surface area (Å²) in [5, 5.41) is 0.0284. The Morgan fingerprint density at radius 3 is 2.43 bits per heavy atom. The Kier molecular flexibility index (Phi) is 2.86. The molecule has 78 valence electrons. The van der Waals surface area contributed by atoms with E-state index in [1.165, 1.54) is 0 Å². The van der Waals surface area contributed by atoms with Gasteiger partial charge >= 0.3 is 6.18 Å². The summed E-state index contributed by atoms with van der Waals surface area (Å²) in [6.45, 7) is 0. The van der Waals surface area contributed by atoms with E-state index in [9.17, 15) is 13.2 Å². The third kappa shape index (κ3) is 2.27. The van der Waals surface area contributed by atoms with Crippen molar-refractivity contribution < 1.29 is 13.2 Å². The van der Waals surface area contributed by atoms with E-state index < -0.39 is 12.2 Å². The molecule has 7 heteroatoms. The van der Waals surface area contributed by atoms with Crippen LogP contribution in [0.25, 0.3) is 0 Å². The summed E-state index contributed by atoms with van der Waals surface area (Å²) < 4.78 is 36.5. The molecule has 1 atom stereocenters. The normalized spacial score (nSPS) is 14.1. The second kappa shape index (κ2) is 3.62. The average molecular weight is 226 g/mol. The quantitative estimate of drug-likeness (QED) is 0.718. The number of hydrogen-bond acceptors (Lipinski definition) is 3. The molecule has 0 aliphatic carbocycles. The van der Waals surface area contributed by atoms with Gasteiger partial charge in [0, 0.05) is 17.4 Å². The van der Waals surface area contributed by atoms with Crippen molar-refractivity contribution in [3.05, 3.63) is 23.0 Å². The summed E-state index contributed by atoms with van der Waals surface area (Å²) in [4.78, 5) is 3.48. The van der Waals surface area contributed by atoms with Crippen molar-refractivity contribution in [1.29, 1.82) is 0 Å². The lowest BCUT2D eigenvalue weighted by Crippen LogP contribution is -2.29. The first-order valence-electron chi connectivity index (χ1n) is 3.55. The largest absolute Gasteiger partial charge is 0.407 e. The molecule has 0 bridgehead atoms. The second-order valence-corrected chi connectivity index (χ2v) is 3.04. The number of rotatable bonds is 1. The lowest BCUT2D eigenvalue weighted by molar-refractivity contribution is -0.149. The van der Waals surface area contributed by atoms with Crippen LogP contribution in [0.5, 0.6) is 0 Å². The monoisotopic (exact) mass is 225 g/mol. The number of halogens is 4. The van der Waals surface area contributed by atoms with Gasteiger partial charge < -0.3 is 11.5 Å².